The Morgan fingerprint density at radius 3 is 2.71 bits per heavy atom. The van der Waals surface area contributed by atoms with Crippen LogP contribution >= 0.6 is 11.6 Å². The second-order valence-corrected chi connectivity index (χ2v) is 6.40. The van der Waals surface area contributed by atoms with Crippen molar-refractivity contribution >= 4 is 27.3 Å². The molecule has 21 heavy (non-hydrogen) atoms. The molecule has 0 N–H and O–H groups in total. The van der Waals surface area contributed by atoms with Gasteiger partial charge in [-0.15, -0.1) is 0 Å². The fraction of sp³-hybridized carbons (Fsp3) is 0.143. The van der Waals surface area contributed by atoms with Crippen LogP contribution in [-0.4, -0.2) is 19.9 Å². The average Bonchev–Trinajstić information content (AvgIpc) is 2.49. The van der Waals surface area contributed by atoms with Gasteiger partial charge in [-0.3, -0.25) is 9.29 Å². The highest BCUT2D eigenvalue weighted by molar-refractivity contribution is 7.92. The summed E-state index contributed by atoms with van der Waals surface area (Å²) in [6.45, 7) is 1.92. The summed E-state index contributed by atoms with van der Waals surface area (Å²) in [5.74, 6) is 0. The molecule has 2 aromatic rings. The molecule has 1 heterocycles. The molecule has 1 aromatic heterocycles. The molecule has 5 nitrogen and oxygen atoms in total. The monoisotopic (exact) mass is 321 g/mol. The van der Waals surface area contributed by atoms with Crippen molar-refractivity contribution in [3.63, 3.8) is 0 Å². The zero-order valence-electron chi connectivity index (χ0n) is 11.2. The standard InChI is InChI=1S/C14H12ClN3O2S/c1-2-18(13-4-3-7-17-10-13)21(19,20)14-8-12(15)6-5-11(14)9-16/h3-8,10H,2H2,1H3. The lowest BCUT2D eigenvalue weighted by molar-refractivity contribution is 0.591. The molecule has 0 fully saturated rings. The van der Waals surface area contributed by atoms with Gasteiger partial charge in [-0.25, -0.2) is 8.42 Å². The maximum Gasteiger partial charge on any atom is 0.265 e. The first-order chi connectivity index (χ1) is 10.0. The minimum Gasteiger partial charge on any atom is -0.265 e. The molecule has 0 aliphatic rings. The van der Waals surface area contributed by atoms with Crippen molar-refractivity contribution in [3.05, 3.63) is 53.3 Å². The Morgan fingerprint density at radius 2 is 2.14 bits per heavy atom. The molecule has 108 valence electrons. The van der Waals surface area contributed by atoms with E-state index in [-0.39, 0.29) is 22.0 Å². The minimum absolute atomic E-state index is 0.0572. The number of benzene rings is 1. The summed E-state index contributed by atoms with van der Waals surface area (Å²) in [6.07, 6.45) is 3.02. The summed E-state index contributed by atoms with van der Waals surface area (Å²) in [4.78, 5) is 3.82. The molecule has 0 aliphatic heterocycles. The number of anilines is 1. The number of halogens is 1. The number of pyridine rings is 1. The van der Waals surface area contributed by atoms with Gasteiger partial charge >= 0.3 is 0 Å². The van der Waals surface area contributed by atoms with Gasteiger partial charge in [0, 0.05) is 17.8 Å². The molecular formula is C14H12ClN3O2S. The third kappa shape index (κ3) is 2.99. The third-order valence-electron chi connectivity index (χ3n) is 2.85. The van der Waals surface area contributed by atoms with Gasteiger partial charge in [0.15, 0.2) is 0 Å². The van der Waals surface area contributed by atoms with Crippen LogP contribution in [0.5, 0.6) is 0 Å². The molecule has 0 atom stereocenters. The van der Waals surface area contributed by atoms with Crippen LogP contribution in [0.1, 0.15) is 12.5 Å². The molecule has 0 aliphatic carbocycles. The first-order valence-electron chi connectivity index (χ1n) is 6.13. The number of hydrogen-bond donors (Lipinski definition) is 0. The van der Waals surface area contributed by atoms with Gasteiger partial charge < -0.3 is 0 Å². The predicted molar refractivity (Wildman–Crippen MR) is 80.6 cm³/mol. The second-order valence-electron chi connectivity index (χ2n) is 4.13. The maximum absolute atomic E-state index is 12.8. The van der Waals surface area contributed by atoms with Crippen molar-refractivity contribution in [2.45, 2.75) is 11.8 Å². The molecule has 0 radical (unpaired) electrons. The number of rotatable bonds is 4. The van der Waals surface area contributed by atoms with E-state index in [0.29, 0.717) is 5.69 Å². The van der Waals surface area contributed by atoms with E-state index in [1.807, 2.05) is 6.07 Å². The van der Waals surface area contributed by atoms with Crippen LogP contribution in [-0.2, 0) is 10.0 Å². The maximum atomic E-state index is 12.8. The minimum atomic E-state index is -3.88. The highest BCUT2D eigenvalue weighted by Gasteiger charge is 2.26. The largest absolute Gasteiger partial charge is 0.265 e. The second kappa shape index (κ2) is 6.12. The number of sulfonamides is 1. The topological polar surface area (TPSA) is 74.1 Å². The van der Waals surface area contributed by atoms with Crippen LogP contribution in [0, 0.1) is 11.3 Å². The predicted octanol–water partition coefficient (Wildman–Crippen LogP) is 2.82. The molecule has 0 unspecified atom stereocenters. The van der Waals surface area contributed by atoms with E-state index >= 15 is 0 Å². The average molecular weight is 322 g/mol. The summed E-state index contributed by atoms with van der Waals surface area (Å²) >= 11 is 5.87. The van der Waals surface area contributed by atoms with Crippen molar-refractivity contribution in [2.75, 3.05) is 10.8 Å². The SMILES string of the molecule is CCN(c1cccnc1)S(=O)(=O)c1cc(Cl)ccc1C#N. The van der Waals surface area contributed by atoms with E-state index in [4.69, 9.17) is 16.9 Å². The molecule has 1 aromatic carbocycles. The van der Waals surface area contributed by atoms with Crippen LogP contribution in [0.15, 0.2) is 47.6 Å². The quantitative estimate of drug-likeness (QED) is 0.867. The molecule has 0 spiro atoms. The molecule has 2 rings (SSSR count). The fourth-order valence-corrected chi connectivity index (χ4v) is 3.78. The summed E-state index contributed by atoms with van der Waals surface area (Å²) in [7, 11) is -3.88. The highest BCUT2D eigenvalue weighted by Crippen LogP contribution is 2.27. The van der Waals surface area contributed by atoms with Crippen molar-refractivity contribution in [1.82, 2.24) is 4.98 Å². The third-order valence-corrected chi connectivity index (χ3v) is 5.03. The highest BCUT2D eigenvalue weighted by atomic mass is 35.5. The van der Waals surface area contributed by atoms with E-state index in [9.17, 15) is 8.42 Å². The number of nitrogens with zero attached hydrogens (tertiary/aromatic N) is 3. The molecule has 0 saturated carbocycles. The van der Waals surface area contributed by atoms with E-state index in [0.717, 1.165) is 0 Å². The van der Waals surface area contributed by atoms with Crippen molar-refractivity contribution in [2.24, 2.45) is 0 Å². The Kier molecular flexibility index (Phi) is 4.46. The lowest BCUT2D eigenvalue weighted by Gasteiger charge is -2.23. The van der Waals surface area contributed by atoms with Crippen LogP contribution < -0.4 is 4.31 Å². The van der Waals surface area contributed by atoms with Crippen molar-refractivity contribution in [1.29, 1.82) is 5.26 Å². The molecule has 0 bridgehead atoms. The van der Waals surface area contributed by atoms with Gasteiger partial charge in [0.25, 0.3) is 10.0 Å². The Morgan fingerprint density at radius 1 is 1.38 bits per heavy atom. The zero-order chi connectivity index (χ0) is 15.5. The summed E-state index contributed by atoms with van der Waals surface area (Å²) in [6, 6.07) is 9.34. The molecule has 7 heteroatoms. The Bertz CT molecular complexity index is 786. The van der Waals surface area contributed by atoms with E-state index in [1.165, 1.54) is 28.7 Å². The van der Waals surface area contributed by atoms with E-state index < -0.39 is 10.0 Å². The first-order valence-corrected chi connectivity index (χ1v) is 7.95. The van der Waals surface area contributed by atoms with Crippen molar-refractivity contribution < 1.29 is 8.42 Å². The zero-order valence-corrected chi connectivity index (χ0v) is 12.8. The number of nitriles is 1. The Hall–Kier alpha value is -2.10. The fourth-order valence-electron chi connectivity index (χ4n) is 1.91. The summed E-state index contributed by atoms with van der Waals surface area (Å²) in [5.41, 5.74) is 0.491. The van der Waals surface area contributed by atoms with Gasteiger partial charge in [-0.05, 0) is 37.3 Å². The first kappa shape index (κ1) is 15.3. The lowest BCUT2D eigenvalue weighted by Crippen LogP contribution is -2.31. The summed E-state index contributed by atoms with van der Waals surface area (Å²) < 4.78 is 26.8. The van der Waals surface area contributed by atoms with Gasteiger partial charge in [-0.1, -0.05) is 11.6 Å². The van der Waals surface area contributed by atoms with Crippen molar-refractivity contribution in [3.8, 4) is 6.07 Å². The summed E-state index contributed by atoms with van der Waals surface area (Å²) in [5, 5.41) is 9.37. The Labute approximate surface area is 128 Å². The normalized spacial score (nSPS) is 10.9. The van der Waals surface area contributed by atoms with Gasteiger partial charge in [0.1, 0.15) is 11.0 Å². The molecule has 0 amide bonds. The van der Waals surface area contributed by atoms with Crippen LogP contribution in [0.3, 0.4) is 0 Å². The van der Waals surface area contributed by atoms with Crippen LogP contribution in [0.2, 0.25) is 5.02 Å². The molecule has 0 saturated heterocycles. The van der Waals surface area contributed by atoms with Gasteiger partial charge in [0.2, 0.25) is 0 Å². The number of hydrogen-bond acceptors (Lipinski definition) is 4. The number of aromatic nitrogens is 1. The van der Waals surface area contributed by atoms with E-state index in [2.05, 4.69) is 4.98 Å². The van der Waals surface area contributed by atoms with Crippen LogP contribution in [0.25, 0.3) is 0 Å². The van der Waals surface area contributed by atoms with E-state index in [1.54, 1.807) is 25.3 Å². The van der Waals surface area contributed by atoms with Crippen LogP contribution in [0.4, 0.5) is 5.69 Å². The smallest absolute Gasteiger partial charge is 0.265 e. The Balaban J connectivity index is 2.61. The lowest BCUT2D eigenvalue weighted by atomic mass is 10.2. The van der Waals surface area contributed by atoms with Gasteiger partial charge in [0.05, 0.1) is 17.4 Å². The van der Waals surface area contributed by atoms with Gasteiger partial charge in [-0.2, -0.15) is 5.26 Å². The molecular weight excluding hydrogens is 310 g/mol.